The minimum Gasteiger partial charge on any atom is -0.460 e. The third kappa shape index (κ3) is 3.87. The van der Waals surface area contributed by atoms with Gasteiger partial charge < -0.3 is 18.9 Å². The molecule has 1 aromatic carbocycles. The highest BCUT2D eigenvalue weighted by atomic mass is 31.2. The number of esters is 1. The summed E-state index contributed by atoms with van der Waals surface area (Å²) in [5, 5.41) is 11.9. The first-order valence-electron chi connectivity index (χ1n) is 11.3. The molecule has 0 radical (unpaired) electrons. The summed E-state index contributed by atoms with van der Waals surface area (Å²) in [5.41, 5.74) is 2.28. The van der Waals surface area contributed by atoms with Gasteiger partial charge in [-0.25, -0.2) is 9.55 Å². The number of aryl methyl sites for hydroxylation is 1. The minimum absolute atomic E-state index is 0.0266. The number of phosphoric acid groups is 1. The topological polar surface area (TPSA) is 137 Å². The molecule has 3 aromatic rings. The van der Waals surface area contributed by atoms with Crippen LogP contribution in [0.2, 0.25) is 0 Å². The third-order valence-corrected chi connectivity index (χ3v) is 7.74. The predicted octanol–water partition coefficient (Wildman–Crippen LogP) is 3.29. The van der Waals surface area contributed by atoms with Gasteiger partial charge >= 0.3 is 13.8 Å². The van der Waals surface area contributed by atoms with Crippen molar-refractivity contribution in [1.82, 2.24) is 9.55 Å². The van der Waals surface area contributed by atoms with E-state index in [1.54, 1.807) is 36.6 Å². The molecule has 35 heavy (non-hydrogen) atoms. The quantitative estimate of drug-likeness (QED) is 0.312. The number of hydrogen-bond acceptors (Lipinski definition) is 8. The zero-order chi connectivity index (χ0) is 25.1. The SMILES string of the molecule is CCOP(=O)(O)Oc1ccc2nc3c(c(C)c2c1)Cn1c-3cc2c(c1=O)COC(=O)C[C@]2(O)CC. The van der Waals surface area contributed by atoms with E-state index >= 15 is 0 Å². The van der Waals surface area contributed by atoms with Gasteiger partial charge in [-0.15, -0.1) is 0 Å². The van der Waals surface area contributed by atoms with Gasteiger partial charge in [-0.2, -0.15) is 0 Å². The van der Waals surface area contributed by atoms with Crippen molar-refractivity contribution in [1.29, 1.82) is 0 Å². The molecule has 0 aliphatic carbocycles. The summed E-state index contributed by atoms with van der Waals surface area (Å²) in [6, 6.07) is 6.56. The lowest BCUT2D eigenvalue weighted by Crippen LogP contribution is -2.32. The standard InChI is InChI=1S/C24H25N2O8P/c1-4-24(29)10-21(27)32-12-17-18(24)9-20-22-16(11-26(20)23(17)28)13(3)15-8-14(6-7-19(15)25-22)34-35(30,31)33-5-2/h6-9,29H,4-5,10-12H2,1-3H3,(H,30,31)/t24-/m1/s1. The molecule has 2 N–H and O–H groups in total. The molecule has 0 saturated heterocycles. The lowest BCUT2D eigenvalue weighted by atomic mass is 9.85. The Morgan fingerprint density at radius 1 is 1.23 bits per heavy atom. The normalized spacial score (nSPS) is 20.4. The smallest absolute Gasteiger partial charge is 0.460 e. The molecule has 2 aliphatic heterocycles. The summed E-state index contributed by atoms with van der Waals surface area (Å²) < 4.78 is 28.8. The van der Waals surface area contributed by atoms with E-state index in [9.17, 15) is 24.2 Å². The highest BCUT2D eigenvalue weighted by molar-refractivity contribution is 7.47. The molecule has 0 spiro atoms. The van der Waals surface area contributed by atoms with Crippen molar-refractivity contribution in [3.05, 3.63) is 56.9 Å². The van der Waals surface area contributed by atoms with E-state index in [4.69, 9.17) is 18.8 Å². The Morgan fingerprint density at radius 3 is 2.71 bits per heavy atom. The molecule has 184 valence electrons. The average molecular weight is 500 g/mol. The highest BCUT2D eigenvalue weighted by Gasteiger charge is 2.39. The molecule has 5 rings (SSSR count). The Labute approximate surface area is 200 Å². The Kier molecular flexibility index (Phi) is 5.60. The highest BCUT2D eigenvalue weighted by Crippen LogP contribution is 2.45. The number of nitrogens with zero attached hydrogens (tertiary/aromatic N) is 2. The van der Waals surface area contributed by atoms with Crippen LogP contribution < -0.4 is 10.1 Å². The van der Waals surface area contributed by atoms with Crippen molar-refractivity contribution in [2.45, 2.75) is 52.4 Å². The van der Waals surface area contributed by atoms with Gasteiger partial charge in [0.2, 0.25) is 0 Å². The number of aromatic nitrogens is 2. The van der Waals surface area contributed by atoms with E-state index in [0.717, 1.165) is 11.1 Å². The number of cyclic esters (lactones) is 1. The molecule has 11 heteroatoms. The van der Waals surface area contributed by atoms with E-state index in [1.807, 2.05) is 6.92 Å². The Bertz CT molecular complexity index is 1500. The Hall–Kier alpha value is -3.04. The second-order valence-corrected chi connectivity index (χ2v) is 10.1. The van der Waals surface area contributed by atoms with Gasteiger partial charge in [0, 0.05) is 10.9 Å². The molecule has 0 fully saturated rings. The fourth-order valence-corrected chi connectivity index (χ4v) is 5.59. The van der Waals surface area contributed by atoms with Crippen LogP contribution in [0.4, 0.5) is 0 Å². The second-order valence-electron chi connectivity index (χ2n) is 8.76. The van der Waals surface area contributed by atoms with Gasteiger partial charge in [0.15, 0.2) is 0 Å². The summed E-state index contributed by atoms with van der Waals surface area (Å²) in [7, 11) is -4.24. The van der Waals surface area contributed by atoms with Gasteiger partial charge in [-0.05, 0) is 55.7 Å². The zero-order valence-electron chi connectivity index (χ0n) is 19.5. The number of ether oxygens (including phenoxy) is 1. The summed E-state index contributed by atoms with van der Waals surface area (Å²) in [6.45, 7) is 5.33. The number of carbonyl (C=O) groups excluding carboxylic acids is 1. The molecule has 10 nitrogen and oxygen atoms in total. The van der Waals surface area contributed by atoms with Crippen LogP contribution in [0.15, 0.2) is 29.1 Å². The number of rotatable bonds is 5. The number of pyridine rings is 2. The molecule has 0 saturated carbocycles. The summed E-state index contributed by atoms with van der Waals surface area (Å²) >= 11 is 0. The molecule has 2 aliphatic rings. The summed E-state index contributed by atoms with van der Waals surface area (Å²) in [5.74, 6) is -0.388. The maximum absolute atomic E-state index is 13.5. The maximum Gasteiger partial charge on any atom is 0.527 e. The number of phosphoric ester groups is 1. The maximum atomic E-state index is 13.5. The molecule has 4 heterocycles. The second kappa shape index (κ2) is 8.27. The molecule has 0 bridgehead atoms. The van der Waals surface area contributed by atoms with Crippen molar-refractivity contribution in [3.8, 4) is 17.1 Å². The van der Waals surface area contributed by atoms with Crippen LogP contribution in [0.5, 0.6) is 5.75 Å². The van der Waals surface area contributed by atoms with Crippen LogP contribution in [0, 0.1) is 6.92 Å². The van der Waals surface area contributed by atoms with E-state index in [2.05, 4.69) is 0 Å². The lowest BCUT2D eigenvalue weighted by Gasteiger charge is -2.26. The molecular formula is C24H25N2O8P. The number of fused-ring (bicyclic) bond motifs is 5. The lowest BCUT2D eigenvalue weighted by molar-refractivity contribution is -0.149. The first-order valence-corrected chi connectivity index (χ1v) is 12.8. The molecule has 1 unspecified atom stereocenters. The fourth-order valence-electron chi connectivity index (χ4n) is 4.83. The van der Waals surface area contributed by atoms with Gasteiger partial charge in [-0.1, -0.05) is 6.92 Å². The largest absolute Gasteiger partial charge is 0.527 e. The number of aliphatic hydroxyl groups is 1. The first kappa shape index (κ1) is 23.7. The number of carbonyl (C=O) groups is 1. The van der Waals surface area contributed by atoms with Gasteiger partial charge in [0.1, 0.15) is 18.0 Å². The van der Waals surface area contributed by atoms with E-state index in [1.165, 1.54) is 6.07 Å². The van der Waals surface area contributed by atoms with E-state index in [0.29, 0.717) is 27.9 Å². The fraction of sp³-hybridized carbons (Fsp3) is 0.375. The van der Waals surface area contributed by atoms with Crippen LogP contribution in [-0.2, 0) is 37.4 Å². The first-order chi connectivity index (χ1) is 16.6. The van der Waals surface area contributed by atoms with Crippen molar-refractivity contribution in [3.63, 3.8) is 0 Å². The van der Waals surface area contributed by atoms with Crippen molar-refractivity contribution >= 4 is 24.7 Å². The van der Waals surface area contributed by atoms with Crippen LogP contribution in [0.1, 0.15) is 48.9 Å². The van der Waals surface area contributed by atoms with Gasteiger partial charge in [-0.3, -0.25) is 19.0 Å². The van der Waals surface area contributed by atoms with Crippen molar-refractivity contribution < 1.29 is 33.1 Å². The van der Waals surface area contributed by atoms with E-state index in [-0.39, 0.29) is 49.5 Å². The number of benzene rings is 1. The van der Waals surface area contributed by atoms with Gasteiger partial charge in [0.05, 0.1) is 42.0 Å². The molecular weight excluding hydrogens is 475 g/mol. The average Bonchev–Trinajstić information content (AvgIpc) is 3.11. The molecule has 0 amide bonds. The Balaban J connectivity index is 1.65. The molecule has 2 atom stereocenters. The Morgan fingerprint density at radius 2 is 2.00 bits per heavy atom. The van der Waals surface area contributed by atoms with Crippen LogP contribution >= 0.6 is 7.82 Å². The minimum atomic E-state index is -4.24. The number of hydrogen-bond donors (Lipinski definition) is 2. The summed E-state index contributed by atoms with van der Waals surface area (Å²) in [4.78, 5) is 40.1. The van der Waals surface area contributed by atoms with Crippen molar-refractivity contribution in [2.24, 2.45) is 0 Å². The molecule has 2 aromatic heterocycles. The predicted molar refractivity (Wildman–Crippen MR) is 126 cm³/mol. The third-order valence-electron chi connectivity index (χ3n) is 6.72. The van der Waals surface area contributed by atoms with Gasteiger partial charge in [0.25, 0.3) is 5.56 Å². The zero-order valence-corrected chi connectivity index (χ0v) is 20.4. The van der Waals surface area contributed by atoms with Crippen molar-refractivity contribution in [2.75, 3.05) is 6.61 Å². The van der Waals surface area contributed by atoms with E-state index < -0.39 is 19.4 Å². The summed E-state index contributed by atoms with van der Waals surface area (Å²) in [6.07, 6.45) is 0.0178. The van der Waals surface area contributed by atoms with Crippen LogP contribution in [0.3, 0.4) is 0 Å². The monoisotopic (exact) mass is 500 g/mol. The van der Waals surface area contributed by atoms with Crippen LogP contribution in [-0.4, -0.2) is 32.1 Å². The van der Waals surface area contributed by atoms with Crippen LogP contribution in [0.25, 0.3) is 22.3 Å².